The smallest absolute Gasteiger partial charge is 0.147 e. The van der Waals surface area contributed by atoms with Crippen LogP contribution in [-0.2, 0) is 0 Å². The van der Waals surface area contributed by atoms with Crippen molar-refractivity contribution in [1.82, 2.24) is 14.7 Å². The van der Waals surface area contributed by atoms with Crippen LogP contribution in [0.4, 0.5) is 0 Å². The molecule has 0 heterocycles. The van der Waals surface area contributed by atoms with Crippen molar-refractivity contribution in [2.45, 2.75) is 133 Å². The molecule has 0 aromatic heterocycles. The summed E-state index contributed by atoms with van der Waals surface area (Å²) in [6.45, 7) is 19.7. The largest absolute Gasteiger partial charge is 0.357 e. The number of unbranched alkanes of at least 4 members (excludes halogenated alkanes) is 6. The van der Waals surface area contributed by atoms with Crippen LogP contribution in [0.1, 0.15) is 119 Å². The molecule has 0 atom stereocenters. The molecule has 0 aliphatic rings. The second-order valence-electron chi connectivity index (χ2n) is 11.0. The van der Waals surface area contributed by atoms with Crippen LogP contribution in [0.25, 0.3) is 0 Å². The van der Waals surface area contributed by atoms with Crippen LogP contribution in [0, 0.1) is 0 Å². The number of rotatable bonds is 24. The molecule has 0 amide bonds. The van der Waals surface area contributed by atoms with Crippen LogP contribution >= 0.6 is 101 Å². The number of benzene rings is 1. The third kappa shape index (κ3) is 20.3. The summed E-state index contributed by atoms with van der Waals surface area (Å²) < 4.78 is 2.97. The monoisotopic (exact) mass is 783 g/mol. The summed E-state index contributed by atoms with van der Waals surface area (Å²) in [5.41, 5.74) is 0. The van der Waals surface area contributed by atoms with Crippen LogP contribution in [0.3, 0.4) is 0 Å². The van der Waals surface area contributed by atoms with E-state index < -0.39 is 0 Å². The standard InChI is InChI=1S/C33H57N3S9/c1-7-13-19-34(20-14-8-2)31(37)43-40-28-25-29(41-44-32(38)35(21-15-9-3)22-16-10-4)27-30(26-28)42-45-33(39)36(23-17-11-5)24-18-12-6/h25-27H,7-24H2,1-6H3. The lowest BCUT2D eigenvalue weighted by atomic mass is 10.3. The molecule has 0 saturated heterocycles. The minimum Gasteiger partial charge on any atom is -0.357 e. The molecule has 1 rings (SSSR count). The van der Waals surface area contributed by atoms with Crippen LogP contribution in [0.2, 0.25) is 0 Å². The van der Waals surface area contributed by atoms with Crippen molar-refractivity contribution < 1.29 is 0 Å². The average molecular weight is 784 g/mol. The Labute approximate surface area is 317 Å². The summed E-state index contributed by atoms with van der Waals surface area (Å²) in [6.07, 6.45) is 14.2. The molecule has 0 saturated carbocycles. The number of nitrogens with zero attached hydrogens (tertiary/aromatic N) is 3. The van der Waals surface area contributed by atoms with E-state index in [-0.39, 0.29) is 0 Å². The van der Waals surface area contributed by atoms with E-state index in [0.29, 0.717) is 0 Å². The Kier molecular flexibility index (Phi) is 28.2. The Morgan fingerprint density at radius 3 is 0.800 bits per heavy atom. The van der Waals surface area contributed by atoms with E-state index in [2.05, 4.69) is 74.4 Å². The molecule has 0 N–H and O–H groups in total. The highest BCUT2D eigenvalue weighted by atomic mass is 33.1. The van der Waals surface area contributed by atoms with E-state index in [4.69, 9.17) is 36.7 Å². The molecule has 0 unspecified atom stereocenters. The SMILES string of the molecule is CCCCN(CCCC)C(=S)SSc1cc(SSC(=S)N(CCCC)CCCC)cc(SSC(=S)N(CCCC)CCCC)c1. The normalized spacial score (nSPS) is 11.1. The zero-order valence-electron chi connectivity index (χ0n) is 28.5. The minimum absolute atomic E-state index is 0.991. The molecule has 0 aliphatic heterocycles. The number of hydrogen-bond donors (Lipinski definition) is 0. The first-order valence-electron chi connectivity index (χ1n) is 16.9. The van der Waals surface area contributed by atoms with Crippen molar-refractivity contribution in [2.24, 2.45) is 0 Å². The van der Waals surface area contributed by atoms with Crippen LogP contribution in [-0.4, -0.2) is 66.9 Å². The van der Waals surface area contributed by atoms with Gasteiger partial charge in [0.15, 0.2) is 0 Å². The van der Waals surface area contributed by atoms with Gasteiger partial charge in [0, 0.05) is 54.0 Å². The fourth-order valence-corrected chi connectivity index (χ4v) is 11.5. The van der Waals surface area contributed by atoms with Gasteiger partial charge in [-0.2, -0.15) is 0 Å². The summed E-state index contributed by atoms with van der Waals surface area (Å²) in [4.78, 5) is 10.9. The van der Waals surface area contributed by atoms with Crippen LogP contribution in [0.5, 0.6) is 0 Å². The van der Waals surface area contributed by atoms with Crippen molar-refractivity contribution in [3.05, 3.63) is 18.2 Å². The van der Waals surface area contributed by atoms with E-state index >= 15 is 0 Å². The second-order valence-corrected chi connectivity index (χ2v) is 19.5. The highest BCUT2D eigenvalue weighted by Gasteiger charge is 2.16. The van der Waals surface area contributed by atoms with Gasteiger partial charge >= 0.3 is 0 Å². The van der Waals surface area contributed by atoms with Gasteiger partial charge in [-0.25, -0.2) is 0 Å². The summed E-state index contributed by atoms with van der Waals surface area (Å²) in [6, 6.07) is 6.90. The van der Waals surface area contributed by atoms with Gasteiger partial charge in [-0.05, 0) is 89.1 Å². The first-order valence-corrected chi connectivity index (χ1v) is 24.6. The molecule has 0 radical (unpaired) electrons. The number of hydrogen-bond acceptors (Lipinski definition) is 9. The van der Waals surface area contributed by atoms with Crippen molar-refractivity contribution in [1.29, 1.82) is 0 Å². The van der Waals surface area contributed by atoms with Crippen LogP contribution in [0.15, 0.2) is 32.9 Å². The quantitative estimate of drug-likeness (QED) is 0.0730. The maximum atomic E-state index is 5.94. The molecule has 45 heavy (non-hydrogen) atoms. The van der Waals surface area contributed by atoms with E-state index in [9.17, 15) is 0 Å². The fraction of sp³-hybridized carbons (Fsp3) is 0.727. The fourth-order valence-electron chi connectivity index (χ4n) is 4.08. The lowest BCUT2D eigenvalue weighted by Crippen LogP contribution is -2.29. The Morgan fingerprint density at radius 1 is 0.422 bits per heavy atom. The van der Waals surface area contributed by atoms with Gasteiger partial charge in [0.25, 0.3) is 0 Å². The maximum Gasteiger partial charge on any atom is 0.147 e. The average Bonchev–Trinajstić information content (AvgIpc) is 3.05. The molecular formula is C33H57N3S9. The van der Waals surface area contributed by atoms with E-state index in [1.807, 2.05) is 0 Å². The zero-order valence-corrected chi connectivity index (χ0v) is 35.8. The third-order valence-electron chi connectivity index (χ3n) is 6.95. The van der Waals surface area contributed by atoms with Crippen molar-refractivity contribution >= 4 is 114 Å². The number of thiocarbonyl (C=S) groups is 3. The molecule has 0 bridgehead atoms. The summed E-state index contributed by atoms with van der Waals surface area (Å²) in [5, 5.41) is 0. The first kappa shape index (κ1) is 44.0. The van der Waals surface area contributed by atoms with Gasteiger partial charge in [0.2, 0.25) is 0 Å². The predicted octanol–water partition coefficient (Wildman–Crippen LogP) is 13.5. The Hall–Kier alpha value is 0.990. The summed E-state index contributed by atoms with van der Waals surface area (Å²) >= 11 is 17.8. The Bertz CT molecular complexity index is 808. The predicted molar refractivity (Wildman–Crippen MR) is 229 cm³/mol. The second kappa shape index (κ2) is 28.8. The van der Waals surface area contributed by atoms with E-state index in [1.54, 1.807) is 64.8 Å². The highest BCUT2D eigenvalue weighted by molar-refractivity contribution is 8.84. The lowest BCUT2D eigenvalue weighted by Gasteiger charge is -2.25. The molecule has 12 heteroatoms. The molecule has 3 nitrogen and oxygen atoms in total. The third-order valence-corrected chi connectivity index (χ3v) is 16.1. The molecule has 1 aromatic rings. The van der Waals surface area contributed by atoms with E-state index in [1.165, 1.54) is 91.7 Å². The first-order chi connectivity index (χ1) is 21.8. The topological polar surface area (TPSA) is 9.72 Å². The zero-order chi connectivity index (χ0) is 33.3. The van der Waals surface area contributed by atoms with Gasteiger partial charge < -0.3 is 14.7 Å². The maximum absolute atomic E-state index is 5.94. The van der Waals surface area contributed by atoms with Gasteiger partial charge in [-0.3, -0.25) is 0 Å². The van der Waals surface area contributed by atoms with Gasteiger partial charge in [-0.15, -0.1) is 0 Å². The lowest BCUT2D eigenvalue weighted by molar-refractivity contribution is 0.411. The minimum atomic E-state index is 0.991. The van der Waals surface area contributed by atoms with Crippen molar-refractivity contribution in [3.63, 3.8) is 0 Å². The molecule has 1 aromatic carbocycles. The van der Waals surface area contributed by atoms with Crippen molar-refractivity contribution in [2.75, 3.05) is 39.3 Å². The van der Waals surface area contributed by atoms with Gasteiger partial charge in [0.05, 0.1) is 0 Å². The Balaban J connectivity index is 3.11. The van der Waals surface area contributed by atoms with E-state index in [0.717, 1.165) is 52.2 Å². The summed E-state index contributed by atoms with van der Waals surface area (Å²) in [5.74, 6) is 0. The molecule has 0 fully saturated rings. The highest BCUT2D eigenvalue weighted by Crippen LogP contribution is 2.44. The molecular weight excluding hydrogens is 727 g/mol. The van der Waals surface area contributed by atoms with Crippen molar-refractivity contribution in [3.8, 4) is 0 Å². The molecule has 0 spiro atoms. The Morgan fingerprint density at radius 2 is 0.622 bits per heavy atom. The van der Waals surface area contributed by atoms with Gasteiger partial charge in [0.1, 0.15) is 13.0 Å². The molecule has 0 aliphatic carbocycles. The van der Waals surface area contributed by atoms with Crippen LogP contribution < -0.4 is 0 Å². The van der Waals surface area contributed by atoms with Gasteiger partial charge in [-0.1, -0.05) is 149 Å². The summed E-state index contributed by atoms with van der Waals surface area (Å²) in [7, 11) is 10.5. The molecule has 258 valence electrons.